The number of hydrogen-bond acceptors (Lipinski definition) is 4. The Morgan fingerprint density at radius 1 is 0.966 bits per heavy atom. The summed E-state index contributed by atoms with van der Waals surface area (Å²) in [6.07, 6.45) is 0.913. The molecule has 0 saturated carbocycles. The molecule has 1 amide bonds. The molecular weight excluding hydrogens is 386 g/mol. The number of aliphatic imine (C=N–C) groups is 1. The molecule has 7 heteroatoms. The molecule has 29 heavy (non-hydrogen) atoms. The highest BCUT2D eigenvalue weighted by Gasteiger charge is 2.44. The summed E-state index contributed by atoms with van der Waals surface area (Å²) < 4.78 is 27.6. The zero-order valence-corrected chi connectivity index (χ0v) is 17.7. The predicted molar refractivity (Wildman–Crippen MR) is 112 cm³/mol. The van der Waals surface area contributed by atoms with E-state index in [1.54, 1.807) is 12.1 Å². The molecule has 0 unspecified atom stereocenters. The minimum absolute atomic E-state index is 0.195. The van der Waals surface area contributed by atoms with Gasteiger partial charge < -0.3 is 5.32 Å². The van der Waals surface area contributed by atoms with Gasteiger partial charge in [-0.3, -0.25) is 9.79 Å². The molecule has 2 aromatic carbocycles. The van der Waals surface area contributed by atoms with Gasteiger partial charge in [-0.05, 0) is 44.0 Å². The maximum atomic E-state index is 13.0. The van der Waals surface area contributed by atoms with Crippen molar-refractivity contribution in [3.05, 3.63) is 64.7 Å². The van der Waals surface area contributed by atoms with Gasteiger partial charge >= 0.3 is 0 Å². The normalized spacial score (nSPS) is 19.3. The topological polar surface area (TPSA) is 78.8 Å². The van der Waals surface area contributed by atoms with Crippen LogP contribution in [-0.2, 0) is 14.8 Å². The summed E-state index contributed by atoms with van der Waals surface area (Å²) >= 11 is 0. The van der Waals surface area contributed by atoms with Gasteiger partial charge in [0.1, 0.15) is 11.4 Å². The van der Waals surface area contributed by atoms with Gasteiger partial charge in [0.15, 0.2) is 0 Å². The van der Waals surface area contributed by atoms with Crippen LogP contribution in [0.2, 0.25) is 0 Å². The van der Waals surface area contributed by atoms with Crippen LogP contribution in [0.25, 0.3) is 0 Å². The molecule has 1 spiro atoms. The van der Waals surface area contributed by atoms with E-state index in [4.69, 9.17) is 4.99 Å². The lowest BCUT2D eigenvalue weighted by Gasteiger charge is -2.36. The molecule has 152 valence electrons. The average molecular weight is 412 g/mol. The fraction of sp³-hybridized carbons (Fsp3) is 0.364. The highest BCUT2D eigenvalue weighted by molar-refractivity contribution is 7.89. The number of hydrogen-bond donors (Lipinski definition) is 1. The van der Waals surface area contributed by atoms with Crippen molar-refractivity contribution in [2.45, 2.75) is 44.2 Å². The molecule has 1 N–H and O–H groups in total. The van der Waals surface area contributed by atoms with E-state index in [9.17, 15) is 13.2 Å². The first-order valence-corrected chi connectivity index (χ1v) is 11.2. The fourth-order valence-electron chi connectivity index (χ4n) is 3.83. The van der Waals surface area contributed by atoms with Crippen LogP contribution in [0.15, 0.2) is 52.4 Å². The number of nitrogens with one attached hydrogen (secondary N) is 1. The van der Waals surface area contributed by atoms with Gasteiger partial charge in [0.25, 0.3) is 5.91 Å². The Morgan fingerprint density at radius 3 is 2.24 bits per heavy atom. The predicted octanol–water partition coefficient (Wildman–Crippen LogP) is 2.71. The lowest BCUT2D eigenvalue weighted by Crippen LogP contribution is -2.52. The summed E-state index contributed by atoms with van der Waals surface area (Å²) in [5.41, 5.74) is 3.63. The van der Waals surface area contributed by atoms with Crippen LogP contribution in [-0.4, -0.2) is 43.1 Å². The number of carbonyl (C=O) groups is 1. The monoisotopic (exact) mass is 411 g/mol. The Bertz CT molecular complexity index is 1100. The first-order chi connectivity index (χ1) is 13.7. The molecule has 1 saturated heterocycles. The molecule has 0 aliphatic carbocycles. The van der Waals surface area contributed by atoms with Gasteiger partial charge in [0.2, 0.25) is 10.0 Å². The summed E-state index contributed by atoms with van der Waals surface area (Å²) in [7, 11) is -3.56. The summed E-state index contributed by atoms with van der Waals surface area (Å²) in [6, 6.07) is 12.9. The van der Waals surface area contributed by atoms with Crippen LogP contribution < -0.4 is 5.32 Å². The summed E-state index contributed by atoms with van der Waals surface area (Å²) in [4.78, 5) is 17.6. The van der Waals surface area contributed by atoms with Crippen LogP contribution in [0.1, 0.15) is 35.1 Å². The van der Waals surface area contributed by atoms with E-state index < -0.39 is 15.7 Å². The quantitative estimate of drug-likeness (QED) is 0.843. The van der Waals surface area contributed by atoms with E-state index in [1.807, 2.05) is 51.1 Å². The smallest absolute Gasteiger partial charge is 0.272 e. The first-order valence-electron chi connectivity index (χ1n) is 9.77. The lowest BCUT2D eigenvalue weighted by atomic mass is 10.00. The maximum Gasteiger partial charge on any atom is 0.272 e. The number of nitrogens with zero attached hydrogens (tertiary/aromatic N) is 2. The van der Waals surface area contributed by atoms with Crippen LogP contribution in [0, 0.1) is 20.8 Å². The third-order valence-corrected chi connectivity index (χ3v) is 7.77. The lowest BCUT2D eigenvalue weighted by molar-refractivity contribution is -0.115. The summed E-state index contributed by atoms with van der Waals surface area (Å²) in [5.74, 6) is -0.195. The number of rotatable bonds is 3. The van der Waals surface area contributed by atoms with E-state index in [0.29, 0.717) is 36.5 Å². The fourth-order valence-corrected chi connectivity index (χ4v) is 5.35. The maximum absolute atomic E-state index is 13.0. The van der Waals surface area contributed by atoms with Crippen molar-refractivity contribution < 1.29 is 13.2 Å². The average Bonchev–Trinajstić information content (AvgIpc) is 3.00. The van der Waals surface area contributed by atoms with E-state index in [1.165, 1.54) is 4.31 Å². The molecule has 0 atom stereocenters. The number of aryl methyl sites for hydroxylation is 3. The van der Waals surface area contributed by atoms with Crippen molar-refractivity contribution in [2.24, 2.45) is 4.99 Å². The summed E-state index contributed by atoms with van der Waals surface area (Å²) in [6.45, 7) is 6.51. The van der Waals surface area contributed by atoms with Crippen molar-refractivity contribution in [3.63, 3.8) is 0 Å². The molecular formula is C22H25N3O3S. The molecule has 4 rings (SSSR count). The van der Waals surface area contributed by atoms with Gasteiger partial charge in [-0.1, -0.05) is 35.9 Å². The number of amides is 1. The third kappa shape index (κ3) is 3.60. The number of carbonyl (C=O) groups excluding carboxylic acids is 1. The van der Waals surface area contributed by atoms with Gasteiger partial charge in [-0.2, -0.15) is 4.31 Å². The van der Waals surface area contributed by atoms with Gasteiger partial charge in [-0.15, -0.1) is 0 Å². The van der Waals surface area contributed by atoms with Crippen molar-refractivity contribution in [1.29, 1.82) is 0 Å². The molecule has 2 aliphatic heterocycles. The molecule has 0 bridgehead atoms. The number of piperidine rings is 1. The Hall–Kier alpha value is -2.51. The molecule has 0 aromatic heterocycles. The highest BCUT2D eigenvalue weighted by atomic mass is 32.2. The van der Waals surface area contributed by atoms with Crippen LogP contribution in [0.4, 0.5) is 0 Å². The highest BCUT2D eigenvalue weighted by Crippen LogP contribution is 2.31. The van der Waals surface area contributed by atoms with E-state index in [0.717, 1.165) is 22.3 Å². The van der Waals surface area contributed by atoms with Crippen LogP contribution in [0.3, 0.4) is 0 Å². The van der Waals surface area contributed by atoms with Crippen LogP contribution in [0.5, 0.6) is 0 Å². The van der Waals surface area contributed by atoms with Gasteiger partial charge in [0.05, 0.1) is 4.90 Å². The molecule has 6 nitrogen and oxygen atoms in total. The minimum Gasteiger partial charge on any atom is -0.326 e. The largest absolute Gasteiger partial charge is 0.326 e. The number of sulfonamides is 1. The Kier molecular flexibility index (Phi) is 4.83. The Labute approximate surface area is 171 Å². The van der Waals surface area contributed by atoms with Crippen molar-refractivity contribution in [1.82, 2.24) is 9.62 Å². The second-order valence-electron chi connectivity index (χ2n) is 7.96. The van der Waals surface area contributed by atoms with Crippen LogP contribution >= 0.6 is 0 Å². The zero-order valence-electron chi connectivity index (χ0n) is 16.9. The Morgan fingerprint density at radius 2 is 1.62 bits per heavy atom. The van der Waals surface area contributed by atoms with Gasteiger partial charge in [-0.25, -0.2) is 8.42 Å². The Balaban J connectivity index is 1.53. The SMILES string of the molecule is Cc1ccc(C2=NC3(CCN(S(=O)(=O)c4ccc(C)c(C)c4)CC3)NC2=O)cc1. The molecule has 2 aliphatic rings. The first kappa shape index (κ1) is 19.8. The van der Waals surface area contributed by atoms with E-state index >= 15 is 0 Å². The minimum atomic E-state index is -3.56. The molecule has 2 heterocycles. The third-order valence-electron chi connectivity index (χ3n) is 5.88. The standard InChI is InChI=1S/C22H25N3O3S/c1-15-4-7-18(8-5-15)20-21(26)24-22(23-20)10-12-25(13-11-22)29(27,28)19-9-6-16(2)17(3)14-19/h4-9,14H,10-13H2,1-3H3,(H,24,26). The van der Waals surface area contributed by atoms with Gasteiger partial charge in [0, 0.05) is 31.5 Å². The molecule has 2 aromatic rings. The van der Waals surface area contributed by atoms with E-state index in [-0.39, 0.29) is 5.91 Å². The zero-order chi connectivity index (χ0) is 20.8. The second-order valence-corrected chi connectivity index (χ2v) is 9.90. The van der Waals surface area contributed by atoms with Crippen molar-refractivity contribution >= 4 is 21.6 Å². The summed E-state index contributed by atoms with van der Waals surface area (Å²) in [5, 5.41) is 3.00. The van der Waals surface area contributed by atoms with Crippen molar-refractivity contribution in [2.75, 3.05) is 13.1 Å². The molecule has 1 fully saturated rings. The number of benzene rings is 2. The van der Waals surface area contributed by atoms with Crippen molar-refractivity contribution in [3.8, 4) is 0 Å². The van der Waals surface area contributed by atoms with E-state index in [2.05, 4.69) is 5.32 Å². The molecule has 0 radical (unpaired) electrons. The second kappa shape index (κ2) is 7.07.